The van der Waals surface area contributed by atoms with Crippen molar-refractivity contribution in [1.82, 2.24) is 10.6 Å². The molecule has 2 aliphatic carbocycles. The largest absolute Gasteiger partial charge is 0.451 e. The van der Waals surface area contributed by atoms with Gasteiger partial charge in [0.25, 0.3) is 12.4 Å². The number of carbonyl (C=O) groups excluding carboxylic acids is 3. The van der Waals surface area contributed by atoms with Crippen LogP contribution in [0.5, 0.6) is 5.75 Å². The normalized spacial score (nSPS) is 18.4. The Morgan fingerprint density at radius 3 is 2.33 bits per heavy atom. The monoisotopic (exact) mass is 536 g/mol. The van der Waals surface area contributed by atoms with Crippen molar-refractivity contribution >= 4 is 34.9 Å². The zero-order chi connectivity index (χ0) is 27.8. The number of nitrogens with zero attached hydrogens (tertiary/aromatic N) is 1. The predicted molar refractivity (Wildman–Crippen MR) is 137 cm³/mol. The van der Waals surface area contributed by atoms with Crippen LogP contribution in [0.15, 0.2) is 46.9 Å². The van der Waals surface area contributed by atoms with Gasteiger partial charge in [-0.15, -0.1) is 0 Å². The summed E-state index contributed by atoms with van der Waals surface area (Å²) >= 11 is 0. The summed E-state index contributed by atoms with van der Waals surface area (Å²) in [6.45, 7) is 0.345. The van der Waals surface area contributed by atoms with Crippen molar-refractivity contribution in [2.75, 3.05) is 12.4 Å². The Morgan fingerprint density at radius 2 is 1.69 bits per heavy atom. The lowest BCUT2D eigenvalue weighted by Gasteiger charge is -2.39. The molecule has 0 aliphatic heterocycles. The maximum Gasteiger partial charge on any atom is 0.298 e. The quantitative estimate of drug-likeness (QED) is 0.360. The van der Waals surface area contributed by atoms with E-state index >= 15 is 0 Å². The van der Waals surface area contributed by atoms with Gasteiger partial charge in [-0.25, -0.2) is 8.78 Å². The van der Waals surface area contributed by atoms with E-state index < -0.39 is 41.7 Å². The molecule has 0 atom stereocenters. The number of halogens is 2. The molecule has 0 radical (unpaired) electrons. The highest BCUT2D eigenvalue weighted by Gasteiger charge is 2.53. The molecule has 2 saturated carbocycles. The summed E-state index contributed by atoms with van der Waals surface area (Å²) in [4.78, 5) is 37.2. The summed E-state index contributed by atoms with van der Waals surface area (Å²) in [6, 6.07) is 14.1. The van der Waals surface area contributed by atoms with Gasteiger partial charge in [0.1, 0.15) is 16.7 Å². The summed E-state index contributed by atoms with van der Waals surface area (Å²) in [7, 11) is 1.70. The van der Waals surface area contributed by atoms with Crippen LogP contribution in [0.1, 0.15) is 49.1 Å². The Labute approximate surface area is 222 Å². The molecular formula is C28H26F2N4O5. The van der Waals surface area contributed by atoms with Crippen LogP contribution in [0, 0.1) is 11.3 Å². The molecule has 3 aromatic rings. The van der Waals surface area contributed by atoms with E-state index in [1.165, 1.54) is 6.07 Å². The van der Waals surface area contributed by atoms with E-state index in [1.807, 2.05) is 6.07 Å². The second kappa shape index (κ2) is 9.69. The average molecular weight is 537 g/mol. The fourth-order valence-electron chi connectivity index (χ4n) is 4.84. The van der Waals surface area contributed by atoms with E-state index in [-0.39, 0.29) is 18.6 Å². The Balaban J connectivity index is 1.40. The maximum atomic E-state index is 14.0. The molecule has 0 saturated heterocycles. The SMILES string of the molecule is CNc1cc(-c2ccc3cc(C(=O)NC4(C(=O)NC5(C#N)CC5)CCC(F)(F)CC4)oc3c2)ccc1OC=O. The minimum atomic E-state index is -2.93. The lowest BCUT2D eigenvalue weighted by molar-refractivity contribution is -0.133. The number of hydrogen-bond donors (Lipinski definition) is 3. The summed E-state index contributed by atoms with van der Waals surface area (Å²) in [5, 5.41) is 18.3. The van der Waals surface area contributed by atoms with Crippen LogP contribution < -0.4 is 20.7 Å². The highest BCUT2D eigenvalue weighted by atomic mass is 19.3. The van der Waals surface area contributed by atoms with E-state index in [2.05, 4.69) is 22.0 Å². The molecule has 2 amide bonds. The highest BCUT2D eigenvalue weighted by Crippen LogP contribution is 2.41. The molecule has 0 unspecified atom stereocenters. The first-order chi connectivity index (χ1) is 18.6. The van der Waals surface area contributed by atoms with Gasteiger partial charge in [-0.05, 0) is 61.1 Å². The zero-order valence-corrected chi connectivity index (χ0v) is 21.1. The Morgan fingerprint density at radius 1 is 1.00 bits per heavy atom. The molecule has 0 bridgehead atoms. The molecule has 2 fully saturated rings. The van der Waals surface area contributed by atoms with Crippen molar-refractivity contribution in [3.05, 3.63) is 48.2 Å². The molecule has 9 nitrogen and oxygen atoms in total. The van der Waals surface area contributed by atoms with Crippen LogP contribution in [0.4, 0.5) is 14.5 Å². The first-order valence-electron chi connectivity index (χ1n) is 12.5. The predicted octanol–water partition coefficient (Wildman–Crippen LogP) is 4.53. The maximum absolute atomic E-state index is 14.0. The van der Waals surface area contributed by atoms with Gasteiger partial charge in [0, 0.05) is 25.3 Å². The Hall–Kier alpha value is -4.46. The molecule has 3 N–H and O–H groups in total. The van der Waals surface area contributed by atoms with Gasteiger partial charge in [-0.3, -0.25) is 14.4 Å². The molecule has 2 aromatic carbocycles. The smallest absolute Gasteiger partial charge is 0.298 e. The summed E-state index contributed by atoms with van der Waals surface area (Å²) in [6.07, 6.45) is -0.694. The lowest BCUT2D eigenvalue weighted by Crippen LogP contribution is -2.62. The number of ether oxygens (including phenoxy) is 1. The number of fused-ring (bicyclic) bond motifs is 1. The first kappa shape index (κ1) is 26.2. The number of anilines is 1. The minimum absolute atomic E-state index is 0.0706. The average Bonchev–Trinajstić information content (AvgIpc) is 3.57. The first-order valence-corrected chi connectivity index (χ1v) is 12.5. The Kier molecular flexibility index (Phi) is 6.50. The van der Waals surface area contributed by atoms with Crippen molar-refractivity contribution in [3.63, 3.8) is 0 Å². The van der Waals surface area contributed by atoms with Crippen molar-refractivity contribution in [2.24, 2.45) is 0 Å². The van der Waals surface area contributed by atoms with E-state index in [0.717, 1.165) is 11.1 Å². The zero-order valence-electron chi connectivity index (χ0n) is 21.1. The van der Waals surface area contributed by atoms with E-state index in [4.69, 9.17) is 9.15 Å². The number of nitrogens with one attached hydrogen (secondary N) is 3. The number of furan rings is 1. The van der Waals surface area contributed by atoms with Crippen LogP contribution in [0.3, 0.4) is 0 Å². The molecular weight excluding hydrogens is 510 g/mol. The fraction of sp³-hybridized carbons (Fsp3) is 0.357. The molecule has 202 valence electrons. The van der Waals surface area contributed by atoms with Crippen molar-refractivity contribution in [2.45, 2.75) is 55.5 Å². The third kappa shape index (κ3) is 5.14. The number of carbonyl (C=O) groups is 3. The fourth-order valence-corrected chi connectivity index (χ4v) is 4.84. The van der Waals surface area contributed by atoms with Gasteiger partial charge in [0.2, 0.25) is 11.8 Å². The number of amides is 2. The number of nitriles is 1. The topological polar surface area (TPSA) is 133 Å². The molecule has 39 heavy (non-hydrogen) atoms. The molecule has 0 spiro atoms. The van der Waals surface area contributed by atoms with E-state index in [1.54, 1.807) is 37.4 Å². The van der Waals surface area contributed by atoms with Crippen molar-refractivity contribution < 1.29 is 32.3 Å². The molecule has 5 rings (SSSR count). The van der Waals surface area contributed by atoms with Gasteiger partial charge in [-0.2, -0.15) is 5.26 Å². The van der Waals surface area contributed by atoms with Crippen LogP contribution in [-0.4, -0.2) is 42.3 Å². The van der Waals surface area contributed by atoms with Crippen molar-refractivity contribution in [3.8, 4) is 22.9 Å². The van der Waals surface area contributed by atoms with Gasteiger partial charge < -0.3 is 25.1 Å². The third-order valence-electron chi connectivity index (χ3n) is 7.44. The van der Waals surface area contributed by atoms with Crippen LogP contribution in [0.2, 0.25) is 0 Å². The van der Waals surface area contributed by atoms with Gasteiger partial charge in [-0.1, -0.05) is 18.2 Å². The third-order valence-corrected chi connectivity index (χ3v) is 7.44. The second-order valence-electron chi connectivity index (χ2n) is 10.1. The van der Waals surface area contributed by atoms with Gasteiger partial charge in [0.05, 0.1) is 11.8 Å². The highest BCUT2D eigenvalue weighted by molar-refractivity contribution is 6.01. The van der Waals surface area contributed by atoms with Crippen LogP contribution in [0.25, 0.3) is 22.1 Å². The summed E-state index contributed by atoms with van der Waals surface area (Å²) in [5.74, 6) is -3.97. The van der Waals surface area contributed by atoms with Crippen LogP contribution >= 0.6 is 0 Å². The van der Waals surface area contributed by atoms with Gasteiger partial charge in [0.15, 0.2) is 11.5 Å². The lowest BCUT2D eigenvalue weighted by atomic mass is 9.78. The summed E-state index contributed by atoms with van der Waals surface area (Å²) in [5.41, 5.74) is -0.00152. The number of hydrogen-bond acceptors (Lipinski definition) is 7. The number of benzene rings is 2. The van der Waals surface area contributed by atoms with E-state index in [0.29, 0.717) is 41.7 Å². The molecule has 1 heterocycles. The standard InChI is InChI=1S/C28H26F2N4O5/c1-32-20-12-17(4-5-21(20)38-16-35)18-2-3-19-14-23(39-22(19)13-18)24(36)33-27(8-10-28(29,30)11-9-27)25(37)34-26(15-31)6-7-26/h2-5,12-14,16,32H,6-11H2,1H3,(H,33,36)(H,34,37). The van der Waals surface area contributed by atoms with E-state index in [9.17, 15) is 28.4 Å². The molecule has 2 aliphatic rings. The van der Waals surface area contributed by atoms with Crippen molar-refractivity contribution in [1.29, 1.82) is 5.26 Å². The Bertz CT molecular complexity index is 1500. The minimum Gasteiger partial charge on any atom is -0.451 e. The molecule has 11 heteroatoms. The summed E-state index contributed by atoms with van der Waals surface area (Å²) < 4.78 is 38.7. The second-order valence-corrected chi connectivity index (χ2v) is 10.1. The van der Waals surface area contributed by atoms with Gasteiger partial charge >= 0.3 is 0 Å². The number of alkyl halides is 2. The number of rotatable bonds is 8. The van der Waals surface area contributed by atoms with Crippen LogP contribution in [-0.2, 0) is 9.59 Å². The molecule has 1 aromatic heterocycles.